The maximum atomic E-state index is 12.3. The lowest BCUT2D eigenvalue weighted by Crippen LogP contribution is -2.15. The van der Waals surface area contributed by atoms with Gasteiger partial charge >= 0.3 is 0 Å². The lowest BCUT2D eigenvalue weighted by atomic mass is 10.2. The molecule has 0 saturated heterocycles. The van der Waals surface area contributed by atoms with Crippen molar-refractivity contribution in [3.05, 3.63) is 73.5 Å². The fourth-order valence-electron chi connectivity index (χ4n) is 2.76. The minimum absolute atomic E-state index is 0.00598. The highest BCUT2D eigenvalue weighted by Crippen LogP contribution is 2.25. The highest BCUT2D eigenvalue weighted by Gasteiger charge is 2.09. The lowest BCUT2D eigenvalue weighted by Gasteiger charge is -2.03. The van der Waals surface area contributed by atoms with Crippen LogP contribution in [0, 0.1) is 17.0 Å². The minimum Gasteiger partial charge on any atom is -0.316 e. The van der Waals surface area contributed by atoms with Crippen molar-refractivity contribution in [3.63, 3.8) is 0 Å². The Hall–Kier alpha value is -2.77. The Morgan fingerprint density at radius 2 is 2.04 bits per heavy atom. The molecule has 0 atom stereocenters. The number of halogens is 1. The van der Waals surface area contributed by atoms with E-state index in [1.807, 2.05) is 30.5 Å². The number of carbonyl (C=O) groups is 1. The highest BCUT2D eigenvalue weighted by molar-refractivity contribution is 7.16. The molecule has 0 spiro atoms. The van der Waals surface area contributed by atoms with Gasteiger partial charge in [0, 0.05) is 29.8 Å². The monoisotopic (exact) mass is 401 g/mol. The number of carbonyl (C=O) groups excluding carboxylic acids is 1. The predicted octanol–water partition coefficient (Wildman–Crippen LogP) is 4.73. The fraction of sp³-hybridized carbons (Fsp3) is 0.158. The van der Waals surface area contributed by atoms with Gasteiger partial charge in [0.2, 0.25) is 0 Å². The van der Waals surface area contributed by atoms with Crippen molar-refractivity contribution in [1.82, 2.24) is 4.57 Å². The number of nitro groups is 1. The van der Waals surface area contributed by atoms with Gasteiger partial charge in [-0.3, -0.25) is 14.9 Å². The van der Waals surface area contributed by atoms with Crippen molar-refractivity contribution < 1.29 is 9.72 Å². The lowest BCUT2D eigenvalue weighted by molar-refractivity contribution is -0.384. The number of nitrogens with zero attached hydrogens (tertiary/aromatic N) is 3. The first-order chi connectivity index (χ1) is 12.9. The standard InChI is InChI=1S/C19H16ClN3O3S/c1-3-22-18-12(2)10-14(20)11-16(18)27-19(22)21-17(24)9-6-13-4-7-15(8-5-13)23(25)26/h4-11H,3H2,1-2H3/b9-6-,21-19?. The van der Waals surface area contributed by atoms with Gasteiger partial charge in [0.05, 0.1) is 15.1 Å². The molecule has 0 aliphatic rings. The second kappa shape index (κ2) is 7.85. The van der Waals surface area contributed by atoms with Crippen molar-refractivity contribution in [2.75, 3.05) is 0 Å². The van der Waals surface area contributed by atoms with Crippen molar-refractivity contribution in [2.45, 2.75) is 20.4 Å². The average molecular weight is 402 g/mol. The van der Waals surface area contributed by atoms with E-state index < -0.39 is 10.8 Å². The number of hydrogen-bond acceptors (Lipinski definition) is 4. The van der Waals surface area contributed by atoms with Crippen LogP contribution in [0.3, 0.4) is 0 Å². The molecule has 0 unspecified atom stereocenters. The number of hydrogen-bond donors (Lipinski definition) is 0. The number of thiazole rings is 1. The Bertz CT molecular complexity index is 1130. The number of aromatic nitrogens is 1. The molecule has 2 aromatic carbocycles. The molecule has 8 heteroatoms. The maximum Gasteiger partial charge on any atom is 0.272 e. The van der Waals surface area contributed by atoms with Gasteiger partial charge < -0.3 is 4.57 Å². The van der Waals surface area contributed by atoms with Crippen LogP contribution in [0.2, 0.25) is 5.02 Å². The van der Waals surface area contributed by atoms with Crippen LogP contribution >= 0.6 is 22.9 Å². The SMILES string of the molecule is CCn1c(=NC(=O)/C=C\c2ccc([N+](=O)[O-])cc2)sc2cc(Cl)cc(C)c21. The van der Waals surface area contributed by atoms with Gasteiger partial charge in [0.1, 0.15) is 0 Å². The molecule has 1 amide bonds. The maximum absolute atomic E-state index is 12.3. The second-order valence-electron chi connectivity index (χ2n) is 5.83. The van der Waals surface area contributed by atoms with Crippen molar-refractivity contribution >= 4 is 50.8 Å². The van der Waals surface area contributed by atoms with E-state index in [1.165, 1.54) is 29.5 Å². The van der Waals surface area contributed by atoms with Crippen molar-refractivity contribution in [1.29, 1.82) is 0 Å². The van der Waals surface area contributed by atoms with E-state index >= 15 is 0 Å². The van der Waals surface area contributed by atoms with Gasteiger partial charge in [0.25, 0.3) is 11.6 Å². The number of fused-ring (bicyclic) bond motifs is 1. The van der Waals surface area contributed by atoms with E-state index in [-0.39, 0.29) is 5.69 Å². The van der Waals surface area contributed by atoms with Gasteiger partial charge in [-0.05, 0) is 55.3 Å². The first-order valence-electron chi connectivity index (χ1n) is 8.19. The van der Waals surface area contributed by atoms with E-state index in [2.05, 4.69) is 4.99 Å². The zero-order valence-corrected chi connectivity index (χ0v) is 16.3. The molecule has 0 radical (unpaired) electrons. The van der Waals surface area contributed by atoms with Gasteiger partial charge in [0.15, 0.2) is 4.80 Å². The summed E-state index contributed by atoms with van der Waals surface area (Å²) in [7, 11) is 0. The Morgan fingerprint density at radius 3 is 2.67 bits per heavy atom. The summed E-state index contributed by atoms with van der Waals surface area (Å²) in [4.78, 5) is 27.3. The summed E-state index contributed by atoms with van der Waals surface area (Å²) in [5, 5.41) is 11.3. The molecule has 27 heavy (non-hydrogen) atoms. The quantitative estimate of drug-likeness (QED) is 0.360. The number of non-ortho nitro benzene ring substituents is 1. The van der Waals surface area contributed by atoms with Crippen LogP contribution in [-0.2, 0) is 11.3 Å². The molecule has 0 bridgehead atoms. The van der Waals surface area contributed by atoms with Crippen LogP contribution < -0.4 is 4.80 Å². The van der Waals surface area contributed by atoms with E-state index in [4.69, 9.17) is 11.6 Å². The Labute approximate surface area is 164 Å². The summed E-state index contributed by atoms with van der Waals surface area (Å²) in [5.74, 6) is -0.397. The summed E-state index contributed by atoms with van der Waals surface area (Å²) < 4.78 is 2.97. The smallest absolute Gasteiger partial charge is 0.272 e. The summed E-state index contributed by atoms with van der Waals surface area (Å²) in [6, 6.07) is 9.72. The fourth-order valence-corrected chi connectivity index (χ4v) is 4.31. The molecular weight excluding hydrogens is 386 g/mol. The van der Waals surface area contributed by atoms with E-state index in [9.17, 15) is 14.9 Å². The van der Waals surface area contributed by atoms with Crippen molar-refractivity contribution in [3.8, 4) is 0 Å². The van der Waals surface area contributed by atoms with Gasteiger partial charge in [-0.1, -0.05) is 22.9 Å². The molecule has 0 fully saturated rings. The van der Waals surface area contributed by atoms with Gasteiger partial charge in [-0.25, -0.2) is 0 Å². The van der Waals surface area contributed by atoms with E-state index in [0.29, 0.717) is 21.9 Å². The van der Waals surface area contributed by atoms with Crippen LogP contribution in [0.25, 0.3) is 16.3 Å². The molecule has 0 saturated carbocycles. The molecular formula is C19H16ClN3O3S. The number of rotatable bonds is 4. The summed E-state index contributed by atoms with van der Waals surface area (Å²) in [5.41, 5.74) is 2.75. The summed E-state index contributed by atoms with van der Waals surface area (Å²) in [6.07, 6.45) is 2.94. The highest BCUT2D eigenvalue weighted by atomic mass is 35.5. The molecule has 0 aliphatic carbocycles. The Morgan fingerprint density at radius 1 is 1.33 bits per heavy atom. The number of amides is 1. The third-order valence-electron chi connectivity index (χ3n) is 3.98. The third kappa shape index (κ3) is 4.15. The molecule has 3 rings (SSSR count). The molecule has 138 valence electrons. The predicted molar refractivity (Wildman–Crippen MR) is 108 cm³/mol. The van der Waals surface area contributed by atoms with Gasteiger partial charge in [-0.2, -0.15) is 4.99 Å². The molecule has 0 N–H and O–H groups in total. The number of nitro benzene ring substituents is 1. The minimum atomic E-state index is -0.465. The molecule has 1 heterocycles. The van der Waals surface area contributed by atoms with Gasteiger partial charge in [-0.15, -0.1) is 0 Å². The molecule has 0 aliphatic heterocycles. The molecule has 1 aromatic heterocycles. The molecule has 6 nitrogen and oxygen atoms in total. The zero-order valence-electron chi connectivity index (χ0n) is 14.7. The Balaban J connectivity index is 1.93. The largest absolute Gasteiger partial charge is 0.316 e. The summed E-state index contributed by atoms with van der Waals surface area (Å²) in [6.45, 7) is 4.66. The molecule has 3 aromatic rings. The third-order valence-corrected chi connectivity index (χ3v) is 5.22. The normalized spacial score (nSPS) is 12.2. The van der Waals surface area contributed by atoms with Crippen LogP contribution in [0.4, 0.5) is 5.69 Å². The average Bonchev–Trinajstić information content (AvgIpc) is 2.97. The Kier molecular flexibility index (Phi) is 5.53. The number of aryl methyl sites for hydroxylation is 2. The topological polar surface area (TPSA) is 77.5 Å². The van der Waals surface area contributed by atoms with Crippen LogP contribution in [0.1, 0.15) is 18.1 Å². The number of benzene rings is 2. The zero-order chi connectivity index (χ0) is 19.6. The van der Waals surface area contributed by atoms with Crippen LogP contribution in [0.5, 0.6) is 0 Å². The van der Waals surface area contributed by atoms with Crippen LogP contribution in [-0.4, -0.2) is 15.4 Å². The van der Waals surface area contributed by atoms with Crippen molar-refractivity contribution in [2.24, 2.45) is 4.99 Å². The van der Waals surface area contributed by atoms with E-state index in [1.54, 1.807) is 18.2 Å². The summed E-state index contributed by atoms with van der Waals surface area (Å²) >= 11 is 7.54. The van der Waals surface area contributed by atoms with E-state index in [0.717, 1.165) is 15.8 Å². The van der Waals surface area contributed by atoms with Crippen LogP contribution in [0.15, 0.2) is 47.5 Å². The first kappa shape index (κ1) is 19.0. The second-order valence-corrected chi connectivity index (χ2v) is 7.28. The first-order valence-corrected chi connectivity index (χ1v) is 9.39.